The van der Waals surface area contributed by atoms with Crippen LogP contribution >= 0.6 is 0 Å². The van der Waals surface area contributed by atoms with Gasteiger partial charge in [-0.05, 0) is 33.1 Å². The number of aliphatic hydroxyl groups is 4. The van der Waals surface area contributed by atoms with Crippen LogP contribution in [0, 0.1) is 23.7 Å². The second-order valence-corrected chi connectivity index (χ2v) is 11.6. The van der Waals surface area contributed by atoms with Crippen LogP contribution in [-0.2, 0) is 33.6 Å². The normalized spacial score (nSPS) is 16.2. The van der Waals surface area contributed by atoms with E-state index >= 15 is 0 Å². The minimum Gasteiger partial charge on any atom is -0.481 e. The van der Waals surface area contributed by atoms with Crippen LogP contribution in [0.5, 0.6) is 0 Å². The Morgan fingerprint density at radius 2 is 1.26 bits per heavy atom. The molecule has 268 valence electrons. The summed E-state index contributed by atoms with van der Waals surface area (Å²) in [6.07, 6.45) is -4.42. The summed E-state index contributed by atoms with van der Waals surface area (Å²) in [4.78, 5) is 91.0. The van der Waals surface area contributed by atoms with Gasteiger partial charge in [0, 0.05) is 50.0 Å². The summed E-state index contributed by atoms with van der Waals surface area (Å²) in [5, 5.41) is 53.1. The van der Waals surface area contributed by atoms with E-state index in [2.05, 4.69) is 15.6 Å². The van der Waals surface area contributed by atoms with Gasteiger partial charge < -0.3 is 53.4 Å². The summed E-state index contributed by atoms with van der Waals surface area (Å²) >= 11 is 0. The van der Waals surface area contributed by atoms with E-state index < -0.39 is 121 Å². The summed E-state index contributed by atoms with van der Waals surface area (Å²) in [5.74, 6) is -10.8. The van der Waals surface area contributed by atoms with E-state index in [0.717, 1.165) is 6.92 Å². The summed E-state index contributed by atoms with van der Waals surface area (Å²) in [6, 6.07) is -3.15. The van der Waals surface area contributed by atoms with Crippen molar-refractivity contribution in [3.63, 3.8) is 0 Å². The highest BCUT2D eigenvalue weighted by molar-refractivity contribution is 5.96. The summed E-state index contributed by atoms with van der Waals surface area (Å²) in [5.41, 5.74) is 15.9. The number of ketones is 3. The molecular formula is C29H50N6O12. The van der Waals surface area contributed by atoms with Crippen molar-refractivity contribution in [1.29, 1.82) is 0 Å². The number of carbonyl (C=O) groups excluding carboxylic acids is 6. The number of hydrogen-bond donors (Lipinski definition) is 10. The van der Waals surface area contributed by atoms with E-state index in [0.29, 0.717) is 0 Å². The fourth-order valence-electron chi connectivity index (χ4n) is 4.47. The van der Waals surface area contributed by atoms with Crippen molar-refractivity contribution in [3.8, 4) is 0 Å². The van der Waals surface area contributed by atoms with Crippen molar-refractivity contribution in [3.05, 3.63) is 0 Å². The third-order valence-corrected chi connectivity index (χ3v) is 7.67. The Hall–Kier alpha value is -4.00. The van der Waals surface area contributed by atoms with Gasteiger partial charge in [0.25, 0.3) is 0 Å². The maximum absolute atomic E-state index is 13.1. The van der Waals surface area contributed by atoms with Crippen LogP contribution in [-0.4, -0.2) is 117 Å². The Morgan fingerprint density at radius 1 is 0.702 bits per heavy atom. The smallest absolute Gasteiger partial charge is 0.303 e. The van der Waals surface area contributed by atoms with Gasteiger partial charge >= 0.3 is 5.97 Å². The maximum atomic E-state index is 13.1. The van der Waals surface area contributed by atoms with Gasteiger partial charge in [-0.1, -0.05) is 6.92 Å². The average Bonchev–Trinajstić information content (AvgIpc) is 2.98. The van der Waals surface area contributed by atoms with Gasteiger partial charge in [-0.2, -0.15) is 0 Å². The first kappa shape index (κ1) is 43.0. The van der Waals surface area contributed by atoms with Crippen LogP contribution in [0.4, 0.5) is 0 Å². The zero-order valence-electron chi connectivity index (χ0n) is 27.0. The SMILES string of the molecule is C[C@H](C(=O)C[C@@H](CCCN=C(N)N)C(=O)N[C@@H](CO)C(=O)C[C@@H](CO)C(=O)N[C@H](C(=O)C[C@@H](CCC(=O)O)C(N)=O)[C@@H](C)O)[C@@H](C)O. The highest BCUT2D eigenvalue weighted by atomic mass is 16.4. The largest absolute Gasteiger partial charge is 0.481 e. The van der Waals surface area contributed by atoms with Crippen molar-refractivity contribution in [2.75, 3.05) is 19.8 Å². The van der Waals surface area contributed by atoms with Crippen LogP contribution in [0.15, 0.2) is 4.99 Å². The number of guanidine groups is 1. The third-order valence-electron chi connectivity index (χ3n) is 7.67. The second kappa shape index (κ2) is 21.7. The zero-order chi connectivity index (χ0) is 36.4. The Labute approximate surface area is 272 Å². The van der Waals surface area contributed by atoms with Crippen LogP contribution in [0.3, 0.4) is 0 Å². The lowest BCUT2D eigenvalue weighted by Crippen LogP contribution is -2.52. The van der Waals surface area contributed by atoms with Crippen molar-refractivity contribution in [1.82, 2.24) is 10.6 Å². The minimum atomic E-state index is -1.60. The van der Waals surface area contributed by atoms with Gasteiger partial charge in [0.05, 0.1) is 31.3 Å². The van der Waals surface area contributed by atoms with Crippen molar-refractivity contribution < 1.29 is 59.1 Å². The number of rotatable bonds is 25. The van der Waals surface area contributed by atoms with Crippen LogP contribution in [0.2, 0.25) is 0 Å². The highest BCUT2D eigenvalue weighted by Gasteiger charge is 2.34. The lowest BCUT2D eigenvalue weighted by molar-refractivity contribution is -0.139. The molecule has 18 nitrogen and oxygen atoms in total. The van der Waals surface area contributed by atoms with E-state index in [1.807, 2.05) is 0 Å². The standard InChI is InChI=1S/C29H50N6O12/c1-14(15(2)38)21(40)10-18(5-4-8-33-29(31)32)27(46)34-20(13-37)22(41)11-19(12-36)28(47)35-25(16(3)39)23(42)9-17(26(30)45)6-7-24(43)44/h14-20,25,36-39H,4-13H2,1-3H3,(H2,30,45)(H,34,46)(H,35,47)(H,43,44)(H4,31,32,33)/t14-,15+,16+,17+,18+,19-,20-,25-/m0/s1. The quantitative estimate of drug-likeness (QED) is 0.0255. The van der Waals surface area contributed by atoms with Gasteiger partial charge in [0.2, 0.25) is 17.7 Å². The first-order valence-corrected chi connectivity index (χ1v) is 15.2. The molecule has 0 aromatic rings. The number of primary amides is 1. The number of Topliss-reactive ketones (excluding diaryl/α,β-unsaturated/α-hetero) is 3. The molecule has 0 radical (unpaired) electrons. The third kappa shape index (κ3) is 16.4. The Balaban J connectivity index is 5.67. The monoisotopic (exact) mass is 674 g/mol. The molecule has 3 amide bonds. The maximum Gasteiger partial charge on any atom is 0.303 e. The molecule has 0 spiro atoms. The Morgan fingerprint density at radius 3 is 1.72 bits per heavy atom. The number of nitrogens with two attached hydrogens (primary N) is 3. The number of carboxylic acid groups (broad SMARTS) is 1. The van der Waals surface area contributed by atoms with E-state index in [4.69, 9.17) is 22.3 Å². The minimum absolute atomic E-state index is 0.108. The number of aliphatic carboxylic acids is 1. The molecule has 0 saturated heterocycles. The lowest BCUT2D eigenvalue weighted by Gasteiger charge is -2.25. The zero-order valence-corrected chi connectivity index (χ0v) is 27.0. The molecule has 0 aromatic carbocycles. The molecular weight excluding hydrogens is 624 g/mol. The van der Waals surface area contributed by atoms with Gasteiger partial charge in [-0.25, -0.2) is 0 Å². The predicted molar refractivity (Wildman–Crippen MR) is 166 cm³/mol. The van der Waals surface area contributed by atoms with Crippen molar-refractivity contribution in [2.24, 2.45) is 45.9 Å². The molecule has 0 aromatic heterocycles. The van der Waals surface area contributed by atoms with E-state index in [9.17, 15) is 54.0 Å². The Bertz CT molecular complexity index is 1120. The molecule has 0 saturated carbocycles. The van der Waals surface area contributed by atoms with Crippen LogP contribution in [0.1, 0.15) is 65.7 Å². The fourth-order valence-corrected chi connectivity index (χ4v) is 4.47. The number of carbonyl (C=O) groups is 7. The summed E-state index contributed by atoms with van der Waals surface area (Å²) in [6.45, 7) is 2.41. The van der Waals surface area contributed by atoms with E-state index in [1.54, 1.807) is 0 Å². The van der Waals surface area contributed by atoms with Crippen LogP contribution < -0.4 is 27.8 Å². The highest BCUT2D eigenvalue weighted by Crippen LogP contribution is 2.19. The molecule has 0 aliphatic heterocycles. The number of hydrogen-bond acceptors (Lipinski definition) is 12. The van der Waals surface area contributed by atoms with Gasteiger partial charge in [0.15, 0.2) is 17.5 Å². The van der Waals surface area contributed by atoms with Crippen molar-refractivity contribution >= 4 is 47.0 Å². The first-order valence-electron chi connectivity index (χ1n) is 15.2. The lowest BCUT2D eigenvalue weighted by atomic mass is 9.89. The molecule has 0 aliphatic rings. The molecule has 0 fully saturated rings. The number of aliphatic imine (C=N–C) groups is 1. The molecule has 0 heterocycles. The molecule has 0 bridgehead atoms. The molecule has 18 heteroatoms. The van der Waals surface area contributed by atoms with Gasteiger partial charge in [0.1, 0.15) is 17.9 Å². The number of nitrogens with one attached hydrogen (secondary N) is 2. The van der Waals surface area contributed by atoms with Crippen LogP contribution in [0.25, 0.3) is 0 Å². The van der Waals surface area contributed by atoms with E-state index in [1.165, 1.54) is 13.8 Å². The Kier molecular flexibility index (Phi) is 19.9. The number of nitrogens with zero attached hydrogens (tertiary/aromatic N) is 1. The van der Waals surface area contributed by atoms with Gasteiger partial charge in [-0.3, -0.25) is 38.6 Å². The van der Waals surface area contributed by atoms with Gasteiger partial charge in [-0.15, -0.1) is 0 Å². The molecule has 0 rings (SSSR count). The first-order chi connectivity index (χ1) is 21.9. The van der Waals surface area contributed by atoms with Crippen molar-refractivity contribution in [2.45, 2.75) is 90.0 Å². The summed E-state index contributed by atoms with van der Waals surface area (Å²) < 4.78 is 0. The number of amides is 3. The molecule has 47 heavy (non-hydrogen) atoms. The molecule has 13 N–H and O–H groups in total. The fraction of sp³-hybridized carbons (Fsp3) is 0.724. The second-order valence-electron chi connectivity index (χ2n) is 11.6. The number of carboxylic acids is 1. The van der Waals surface area contributed by atoms with E-state index in [-0.39, 0.29) is 38.2 Å². The average molecular weight is 675 g/mol. The topological polar surface area (TPSA) is 335 Å². The molecule has 0 aliphatic carbocycles. The number of aliphatic hydroxyl groups excluding tert-OH is 4. The predicted octanol–water partition coefficient (Wildman–Crippen LogP) is -3.53. The summed E-state index contributed by atoms with van der Waals surface area (Å²) in [7, 11) is 0. The molecule has 8 atom stereocenters. The molecule has 0 unspecified atom stereocenters.